The Morgan fingerprint density at radius 2 is 1.78 bits per heavy atom. The molecule has 1 atom stereocenters. The Labute approximate surface area is 117 Å². The first kappa shape index (κ1) is 18.2. The van der Waals surface area contributed by atoms with Gasteiger partial charge in [0.05, 0.1) is 18.3 Å². The predicted molar refractivity (Wildman–Crippen MR) is 81.4 cm³/mol. The molecule has 0 aliphatic rings. The molecule has 0 amide bonds. The average molecular weight is 277 g/mol. The molecule has 0 heterocycles. The van der Waals surface area contributed by atoms with E-state index in [2.05, 4.69) is 25.4 Å². The molecular weight excluding hydrogens is 246 g/mol. The first-order valence-electron chi connectivity index (χ1n) is 6.86. The van der Waals surface area contributed by atoms with E-state index >= 15 is 0 Å². The molecule has 1 unspecified atom stereocenters. The molecular formula is C14H31NO2S. The average Bonchev–Trinajstić information content (AvgIpc) is 2.32. The number of rotatable bonds is 9. The molecule has 3 nitrogen and oxygen atoms in total. The van der Waals surface area contributed by atoms with Crippen molar-refractivity contribution in [1.29, 1.82) is 0 Å². The van der Waals surface area contributed by atoms with E-state index in [9.17, 15) is 5.11 Å². The number of ether oxygens (including phenoxy) is 1. The number of hydrogen-bond donors (Lipinski definition) is 2. The van der Waals surface area contributed by atoms with Crippen molar-refractivity contribution in [3.05, 3.63) is 0 Å². The number of hydrogen-bond acceptors (Lipinski definition) is 4. The van der Waals surface area contributed by atoms with E-state index in [0.717, 1.165) is 19.4 Å². The summed E-state index contributed by atoms with van der Waals surface area (Å²) in [5.41, 5.74) is -0.184. The highest BCUT2D eigenvalue weighted by Crippen LogP contribution is 2.29. The summed E-state index contributed by atoms with van der Waals surface area (Å²) in [7, 11) is 0. The van der Waals surface area contributed by atoms with Crippen molar-refractivity contribution in [1.82, 2.24) is 5.32 Å². The molecule has 0 aromatic heterocycles. The minimum atomic E-state index is -0.433. The van der Waals surface area contributed by atoms with Crippen LogP contribution in [0.15, 0.2) is 0 Å². The van der Waals surface area contributed by atoms with E-state index in [4.69, 9.17) is 4.74 Å². The SMILES string of the molecule is CCC(CC)(CNCC(O)COC(C)(C)C)SC. The Balaban J connectivity index is 3.89. The first-order chi connectivity index (χ1) is 8.28. The lowest BCUT2D eigenvalue weighted by molar-refractivity contribution is -0.0479. The Kier molecular flexibility index (Phi) is 8.52. The molecule has 0 radical (unpaired) electrons. The lowest BCUT2D eigenvalue weighted by Crippen LogP contribution is -2.41. The highest BCUT2D eigenvalue weighted by molar-refractivity contribution is 8.00. The largest absolute Gasteiger partial charge is 0.389 e. The van der Waals surface area contributed by atoms with Crippen LogP contribution in [0.5, 0.6) is 0 Å². The van der Waals surface area contributed by atoms with Gasteiger partial charge in [0.25, 0.3) is 0 Å². The maximum atomic E-state index is 9.83. The molecule has 110 valence electrons. The fourth-order valence-electron chi connectivity index (χ4n) is 1.73. The van der Waals surface area contributed by atoms with Crippen LogP contribution in [0.25, 0.3) is 0 Å². The van der Waals surface area contributed by atoms with Crippen LogP contribution >= 0.6 is 11.8 Å². The standard InChI is InChI=1S/C14H31NO2S/c1-7-14(8-2,18-6)11-15-9-12(16)10-17-13(3,4)5/h12,15-16H,7-11H2,1-6H3. The molecule has 0 spiro atoms. The van der Waals surface area contributed by atoms with Crippen LogP contribution in [0.1, 0.15) is 47.5 Å². The zero-order valence-electron chi connectivity index (χ0n) is 12.9. The van der Waals surface area contributed by atoms with Gasteiger partial charge in [-0.1, -0.05) is 13.8 Å². The van der Waals surface area contributed by atoms with Crippen molar-refractivity contribution in [2.45, 2.75) is 63.9 Å². The summed E-state index contributed by atoms with van der Waals surface area (Å²) in [5, 5.41) is 13.2. The van der Waals surface area contributed by atoms with Gasteiger partial charge < -0.3 is 15.2 Å². The summed E-state index contributed by atoms with van der Waals surface area (Å²) in [4.78, 5) is 0. The number of aliphatic hydroxyl groups is 1. The lowest BCUT2D eigenvalue weighted by Gasteiger charge is -2.30. The van der Waals surface area contributed by atoms with Gasteiger partial charge in [-0.25, -0.2) is 0 Å². The third-order valence-corrected chi connectivity index (χ3v) is 4.85. The number of thioether (sulfide) groups is 1. The van der Waals surface area contributed by atoms with Crippen molar-refractivity contribution in [3.8, 4) is 0 Å². The summed E-state index contributed by atoms with van der Waals surface area (Å²) in [5.74, 6) is 0. The van der Waals surface area contributed by atoms with Crippen LogP contribution in [0, 0.1) is 0 Å². The van der Waals surface area contributed by atoms with Crippen LogP contribution < -0.4 is 5.32 Å². The monoisotopic (exact) mass is 277 g/mol. The highest BCUT2D eigenvalue weighted by atomic mass is 32.2. The Morgan fingerprint density at radius 3 is 2.17 bits per heavy atom. The van der Waals surface area contributed by atoms with E-state index in [0.29, 0.717) is 17.9 Å². The lowest BCUT2D eigenvalue weighted by atomic mass is 10.0. The summed E-state index contributed by atoms with van der Waals surface area (Å²) in [6.07, 6.45) is 4.02. The fourth-order valence-corrected chi connectivity index (χ4v) is 2.56. The molecule has 0 rings (SSSR count). The second-order valence-electron chi connectivity index (χ2n) is 5.80. The molecule has 0 saturated carbocycles. The maximum Gasteiger partial charge on any atom is 0.0897 e. The summed E-state index contributed by atoms with van der Waals surface area (Å²) in [6, 6.07) is 0. The minimum absolute atomic E-state index is 0.184. The van der Waals surface area contributed by atoms with E-state index in [-0.39, 0.29) is 5.60 Å². The van der Waals surface area contributed by atoms with E-state index < -0.39 is 6.10 Å². The summed E-state index contributed by atoms with van der Waals surface area (Å²) < 4.78 is 5.85. The van der Waals surface area contributed by atoms with Crippen molar-refractivity contribution in [3.63, 3.8) is 0 Å². The minimum Gasteiger partial charge on any atom is -0.389 e. The second kappa shape index (κ2) is 8.41. The van der Waals surface area contributed by atoms with Crippen molar-refractivity contribution >= 4 is 11.8 Å². The van der Waals surface area contributed by atoms with E-state index in [1.165, 1.54) is 0 Å². The molecule has 0 aliphatic heterocycles. The van der Waals surface area contributed by atoms with Crippen molar-refractivity contribution < 1.29 is 9.84 Å². The van der Waals surface area contributed by atoms with Crippen molar-refractivity contribution in [2.24, 2.45) is 0 Å². The molecule has 0 aromatic rings. The van der Waals surface area contributed by atoms with Gasteiger partial charge in [0.1, 0.15) is 0 Å². The molecule has 0 fully saturated rings. The first-order valence-corrected chi connectivity index (χ1v) is 8.09. The van der Waals surface area contributed by atoms with Crippen molar-refractivity contribution in [2.75, 3.05) is 26.0 Å². The molecule has 2 N–H and O–H groups in total. The van der Waals surface area contributed by atoms with Crippen LogP contribution in [-0.2, 0) is 4.74 Å². The topological polar surface area (TPSA) is 41.5 Å². The van der Waals surface area contributed by atoms with E-state index in [1.807, 2.05) is 32.5 Å². The Bertz CT molecular complexity index is 204. The van der Waals surface area contributed by atoms with E-state index in [1.54, 1.807) is 0 Å². The third kappa shape index (κ3) is 7.62. The van der Waals surface area contributed by atoms with Gasteiger partial charge >= 0.3 is 0 Å². The van der Waals surface area contributed by atoms with Crippen LogP contribution in [0.4, 0.5) is 0 Å². The molecule has 0 saturated heterocycles. The van der Waals surface area contributed by atoms with Crippen LogP contribution in [0.3, 0.4) is 0 Å². The smallest absolute Gasteiger partial charge is 0.0897 e. The number of aliphatic hydroxyl groups excluding tert-OH is 1. The molecule has 0 bridgehead atoms. The van der Waals surface area contributed by atoms with Gasteiger partial charge in [-0.2, -0.15) is 11.8 Å². The second-order valence-corrected chi connectivity index (χ2v) is 7.08. The van der Waals surface area contributed by atoms with Gasteiger partial charge in [0.2, 0.25) is 0 Å². The van der Waals surface area contributed by atoms with Crippen LogP contribution in [-0.4, -0.2) is 47.5 Å². The predicted octanol–water partition coefficient (Wildman–Crippen LogP) is 2.67. The normalized spacial score (nSPS) is 14.8. The third-order valence-electron chi connectivity index (χ3n) is 3.26. The Morgan fingerprint density at radius 1 is 1.22 bits per heavy atom. The van der Waals surface area contributed by atoms with Gasteiger partial charge in [-0.15, -0.1) is 0 Å². The van der Waals surface area contributed by atoms with Gasteiger partial charge in [-0.3, -0.25) is 0 Å². The summed E-state index contributed by atoms with van der Waals surface area (Å²) >= 11 is 1.91. The zero-order chi connectivity index (χ0) is 14.2. The molecule has 18 heavy (non-hydrogen) atoms. The zero-order valence-corrected chi connectivity index (χ0v) is 13.7. The highest BCUT2D eigenvalue weighted by Gasteiger charge is 2.24. The number of nitrogens with one attached hydrogen (secondary N) is 1. The molecule has 4 heteroatoms. The molecule has 0 aromatic carbocycles. The molecule has 0 aliphatic carbocycles. The van der Waals surface area contributed by atoms with Gasteiger partial charge in [0, 0.05) is 17.8 Å². The quantitative estimate of drug-likeness (QED) is 0.680. The maximum absolute atomic E-state index is 9.83. The van der Waals surface area contributed by atoms with Gasteiger partial charge in [0.15, 0.2) is 0 Å². The van der Waals surface area contributed by atoms with Gasteiger partial charge in [-0.05, 0) is 39.9 Å². The van der Waals surface area contributed by atoms with Crippen LogP contribution in [0.2, 0.25) is 0 Å². The summed E-state index contributed by atoms with van der Waals surface area (Å²) in [6.45, 7) is 12.4. The fraction of sp³-hybridized carbons (Fsp3) is 1.00. The Hall–Kier alpha value is 0.230.